The molecule has 0 spiro atoms. The molecule has 1 aliphatic rings. The molecule has 1 aliphatic heterocycles. The first kappa shape index (κ1) is 13.1. The number of ether oxygens (including phenoxy) is 1. The Morgan fingerprint density at radius 1 is 1.42 bits per heavy atom. The second-order valence-corrected chi connectivity index (χ2v) is 6.16. The zero-order chi connectivity index (χ0) is 13.1. The highest BCUT2D eigenvalue weighted by Gasteiger charge is 2.19. The molecular formula is C16H21NOS. The smallest absolute Gasteiger partial charge is 0.0576 e. The average Bonchev–Trinajstić information content (AvgIpc) is 3.10. The average molecular weight is 275 g/mol. The van der Waals surface area contributed by atoms with Crippen LogP contribution in [0.5, 0.6) is 0 Å². The number of rotatable bonds is 5. The summed E-state index contributed by atoms with van der Waals surface area (Å²) in [6, 6.07) is 9.26. The SMILES string of the molecule is CNC(CCC1CCCO1)c1cccc2ccsc12. The monoisotopic (exact) mass is 275 g/mol. The Hall–Kier alpha value is -0.900. The maximum atomic E-state index is 5.73. The molecule has 1 aromatic carbocycles. The molecule has 1 aromatic heterocycles. The van der Waals surface area contributed by atoms with E-state index in [0.29, 0.717) is 12.1 Å². The van der Waals surface area contributed by atoms with Crippen molar-refractivity contribution in [2.24, 2.45) is 0 Å². The Labute approximate surface area is 118 Å². The third-order valence-corrected chi connectivity index (χ3v) is 5.01. The van der Waals surface area contributed by atoms with Gasteiger partial charge >= 0.3 is 0 Å². The number of benzene rings is 1. The second-order valence-electron chi connectivity index (χ2n) is 5.24. The summed E-state index contributed by atoms with van der Waals surface area (Å²) in [4.78, 5) is 0. The Kier molecular flexibility index (Phi) is 4.16. The Balaban J connectivity index is 1.75. The van der Waals surface area contributed by atoms with E-state index < -0.39 is 0 Å². The third-order valence-electron chi connectivity index (χ3n) is 4.03. The van der Waals surface area contributed by atoms with Gasteiger partial charge in [-0.3, -0.25) is 0 Å². The first-order valence-electron chi connectivity index (χ1n) is 7.13. The summed E-state index contributed by atoms with van der Waals surface area (Å²) in [5.74, 6) is 0. The highest BCUT2D eigenvalue weighted by atomic mass is 32.1. The van der Waals surface area contributed by atoms with Crippen LogP contribution in [0.3, 0.4) is 0 Å². The number of fused-ring (bicyclic) bond motifs is 1. The van der Waals surface area contributed by atoms with Gasteiger partial charge in [-0.15, -0.1) is 11.3 Å². The standard InChI is InChI=1S/C16H21NOS/c1-17-15(8-7-13-5-3-10-18-13)14-6-2-4-12-9-11-19-16(12)14/h2,4,6,9,11,13,15,17H,3,5,7-8,10H2,1H3. The molecule has 2 aromatic rings. The summed E-state index contributed by atoms with van der Waals surface area (Å²) in [5.41, 5.74) is 1.44. The second kappa shape index (κ2) is 6.04. The van der Waals surface area contributed by atoms with Crippen LogP contribution in [0.1, 0.15) is 37.3 Å². The minimum atomic E-state index is 0.437. The molecule has 1 saturated heterocycles. The number of nitrogens with one attached hydrogen (secondary N) is 1. The van der Waals surface area contributed by atoms with Crippen molar-refractivity contribution in [2.75, 3.05) is 13.7 Å². The number of thiophene rings is 1. The molecule has 0 radical (unpaired) electrons. The lowest BCUT2D eigenvalue weighted by Crippen LogP contribution is -2.18. The molecule has 2 nitrogen and oxygen atoms in total. The van der Waals surface area contributed by atoms with E-state index in [1.807, 2.05) is 11.3 Å². The van der Waals surface area contributed by atoms with E-state index in [1.165, 1.54) is 28.5 Å². The lowest BCUT2D eigenvalue weighted by molar-refractivity contribution is 0.0999. The summed E-state index contributed by atoms with van der Waals surface area (Å²) < 4.78 is 7.16. The minimum Gasteiger partial charge on any atom is -0.378 e. The first-order chi connectivity index (χ1) is 9.38. The van der Waals surface area contributed by atoms with Crippen molar-refractivity contribution >= 4 is 21.4 Å². The van der Waals surface area contributed by atoms with E-state index in [2.05, 4.69) is 42.0 Å². The van der Waals surface area contributed by atoms with Crippen LogP contribution in [-0.4, -0.2) is 19.8 Å². The van der Waals surface area contributed by atoms with Crippen LogP contribution in [0.15, 0.2) is 29.6 Å². The van der Waals surface area contributed by atoms with Crippen LogP contribution in [0, 0.1) is 0 Å². The number of hydrogen-bond donors (Lipinski definition) is 1. The predicted octanol–water partition coefficient (Wildman–Crippen LogP) is 4.12. The third kappa shape index (κ3) is 2.83. The van der Waals surface area contributed by atoms with Gasteiger partial charge < -0.3 is 10.1 Å². The molecule has 0 amide bonds. The predicted molar refractivity (Wildman–Crippen MR) is 81.8 cm³/mol. The topological polar surface area (TPSA) is 21.3 Å². The maximum Gasteiger partial charge on any atom is 0.0576 e. The highest BCUT2D eigenvalue weighted by molar-refractivity contribution is 7.17. The summed E-state index contributed by atoms with van der Waals surface area (Å²) in [6.45, 7) is 0.954. The van der Waals surface area contributed by atoms with Gasteiger partial charge in [0.15, 0.2) is 0 Å². The molecule has 3 rings (SSSR count). The molecule has 0 bridgehead atoms. The van der Waals surface area contributed by atoms with Crippen LogP contribution < -0.4 is 5.32 Å². The van der Waals surface area contributed by atoms with Gasteiger partial charge in [-0.1, -0.05) is 18.2 Å². The molecule has 0 saturated carbocycles. The van der Waals surface area contributed by atoms with E-state index in [-0.39, 0.29) is 0 Å². The van der Waals surface area contributed by atoms with E-state index in [4.69, 9.17) is 4.74 Å². The molecule has 3 heteroatoms. The van der Waals surface area contributed by atoms with E-state index in [9.17, 15) is 0 Å². The lowest BCUT2D eigenvalue weighted by atomic mass is 9.98. The fourth-order valence-corrected chi connectivity index (χ4v) is 3.94. The zero-order valence-corrected chi connectivity index (χ0v) is 12.2. The van der Waals surface area contributed by atoms with Crippen molar-refractivity contribution in [1.82, 2.24) is 5.32 Å². The molecule has 2 heterocycles. The highest BCUT2D eigenvalue weighted by Crippen LogP contribution is 2.32. The molecule has 2 unspecified atom stereocenters. The van der Waals surface area contributed by atoms with Gasteiger partial charge in [0.2, 0.25) is 0 Å². The van der Waals surface area contributed by atoms with Crippen LogP contribution in [-0.2, 0) is 4.74 Å². The molecule has 102 valence electrons. The van der Waals surface area contributed by atoms with E-state index in [0.717, 1.165) is 19.4 Å². The van der Waals surface area contributed by atoms with Gasteiger partial charge in [-0.2, -0.15) is 0 Å². The quantitative estimate of drug-likeness (QED) is 0.886. The van der Waals surface area contributed by atoms with Gasteiger partial charge in [0.1, 0.15) is 0 Å². The largest absolute Gasteiger partial charge is 0.378 e. The van der Waals surface area contributed by atoms with Crippen LogP contribution in [0.2, 0.25) is 0 Å². The molecule has 0 aliphatic carbocycles. The van der Waals surface area contributed by atoms with Gasteiger partial charge in [-0.05, 0) is 55.1 Å². The van der Waals surface area contributed by atoms with Gasteiger partial charge in [0.25, 0.3) is 0 Å². The Morgan fingerprint density at radius 2 is 2.37 bits per heavy atom. The van der Waals surface area contributed by atoms with Gasteiger partial charge in [0, 0.05) is 17.3 Å². The van der Waals surface area contributed by atoms with Gasteiger partial charge in [0.05, 0.1) is 6.10 Å². The lowest BCUT2D eigenvalue weighted by Gasteiger charge is -2.19. The van der Waals surface area contributed by atoms with Crippen LogP contribution >= 0.6 is 11.3 Å². The summed E-state index contributed by atoms with van der Waals surface area (Å²) in [7, 11) is 2.06. The van der Waals surface area contributed by atoms with Crippen molar-refractivity contribution in [1.29, 1.82) is 0 Å². The van der Waals surface area contributed by atoms with E-state index >= 15 is 0 Å². The van der Waals surface area contributed by atoms with Gasteiger partial charge in [-0.25, -0.2) is 0 Å². The molecular weight excluding hydrogens is 254 g/mol. The van der Waals surface area contributed by atoms with E-state index in [1.54, 1.807) is 0 Å². The maximum absolute atomic E-state index is 5.73. The fourth-order valence-electron chi connectivity index (χ4n) is 2.97. The molecule has 1 fully saturated rings. The van der Waals surface area contributed by atoms with Crippen molar-refractivity contribution in [3.05, 3.63) is 35.2 Å². The van der Waals surface area contributed by atoms with Crippen molar-refractivity contribution in [3.8, 4) is 0 Å². The first-order valence-corrected chi connectivity index (χ1v) is 8.01. The number of hydrogen-bond acceptors (Lipinski definition) is 3. The zero-order valence-electron chi connectivity index (χ0n) is 11.4. The molecule has 1 N–H and O–H groups in total. The Morgan fingerprint density at radius 3 is 3.16 bits per heavy atom. The van der Waals surface area contributed by atoms with Crippen molar-refractivity contribution < 1.29 is 4.74 Å². The normalized spacial score (nSPS) is 21.0. The van der Waals surface area contributed by atoms with Crippen LogP contribution in [0.4, 0.5) is 0 Å². The fraction of sp³-hybridized carbons (Fsp3) is 0.500. The minimum absolute atomic E-state index is 0.437. The Bertz CT molecular complexity index is 530. The van der Waals surface area contributed by atoms with Crippen molar-refractivity contribution in [3.63, 3.8) is 0 Å². The van der Waals surface area contributed by atoms with Crippen LogP contribution in [0.25, 0.3) is 10.1 Å². The summed E-state index contributed by atoms with van der Waals surface area (Å²) in [6.07, 6.45) is 5.26. The summed E-state index contributed by atoms with van der Waals surface area (Å²) in [5, 5.41) is 7.02. The summed E-state index contributed by atoms with van der Waals surface area (Å²) >= 11 is 1.84. The molecule has 19 heavy (non-hydrogen) atoms. The van der Waals surface area contributed by atoms with Crippen molar-refractivity contribution in [2.45, 2.75) is 37.8 Å². The molecule has 2 atom stereocenters.